The van der Waals surface area contributed by atoms with E-state index in [9.17, 15) is 4.79 Å². The van der Waals surface area contributed by atoms with Gasteiger partial charge >= 0.3 is 0 Å². The first-order valence-electron chi connectivity index (χ1n) is 10.5. The van der Waals surface area contributed by atoms with Gasteiger partial charge in [0.25, 0.3) is 0 Å². The van der Waals surface area contributed by atoms with E-state index in [1.54, 1.807) is 0 Å². The molecule has 4 nitrogen and oxygen atoms in total. The average molecular weight is 428 g/mol. The Bertz CT molecular complexity index is 613. The van der Waals surface area contributed by atoms with Crippen molar-refractivity contribution in [3.05, 3.63) is 29.8 Å². The Balaban J connectivity index is 0.00000140. The Morgan fingerprint density at radius 1 is 1.07 bits per heavy atom. The molecule has 158 valence electrons. The summed E-state index contributed by atoms with van der Waals surface area (Å²) in [7, 11) is 0. The van der Waals surface area contributed by atoms with Crippen LogP contribution in [0.1, 0.15) is 63.9 Å². The summed E-state index contributed by atoms with van der Waals surface area (Å²) in [5.41, 5.74) is 2.27. The lowest BCUT2D eigenvalue weighted by molar-refractivity contribution is -0.117. The fourth-order valence-electron chi connectivity index (χ4n) is 5.14. The second kappa shape index (κ2) is 10.8. The van der Waals surface area contributed by atoms with Gasteiger partial charge in [0.05, 0.1) is 0 Å². The Kier molecular flexibility index (Phi) is 9.07. The number of rotatable bonds is 5. The summed E-state index contributed by atoms with van der Waals surface area (Å²) in [5, 5.41) is 6.76. The third-order valence-corrected chi connectivity index (χ3v) is 6.61. The molecule has 3 aliphatic heterocycles. The summed E-state index contributed by atoms with van der Waals surface area (Å²) >= 11 is 0. The normalized spacial score (nSPS) is 29.5. The van der Waals surface area contributed by atoms with E-state index in [2.05, 4.69) is 46.7 Å². The van der Waals surface area contributed by atoms with Gasteiger partial charge in [-0.2, -0.15) is 0 Å². The van der Waals surface area contributed by atoms with Gasteiger partial charge in [-0.05, 0) is 75.6 Å². The summed E-state index contributed by atoms with van der Waals surface area (Å²) in [6.45, 7) is 4.56. The van der Waals surface area contributed by atoms with Gasteiger partial charge in [0, 0.05) is 36.8 Å². The van der Waals surface area contributed by atoms with Crippen molar-refractivity contribution in [3.8, 4) is 0 Å². The van der Waals surface area contributed by atoms with Gasteiger partial charge in [0.1, 0.15) is 0 Å². The van der Waals surface area contributed by atoms with Crippen molar-refractivity contribution >= 4 is 36.4 Å². The number of nitrogens with zero attached hydrogens (tertiary/aromatic N) is 1. The van der Waals surface area contributed by atoms with Gasteiger partial charge in [-0.3, -0.25) is 9.69 Å². The van der Waals surface area contributed by atoms with Gasteiger partial charge in [-0.25, -0.2) is 0 Å². The molecule has 0 spiro atoms. The zero-order valence-electron chi connectivity index (χ0n) is 16.9. The van der Waals surface area contributed by atoms with Crippen LogP contribution in [-0.2, 0) is 11.3 Å². The highest BCUT2D eigenvalue weighted by Crippen LogP contribution is 2.32. The largest absolute Gasteiger partial charge is 0.326 e. The zero-order valence-corrected chi connectivity index (χ0v) is 18.5. The average Bonchev–Trinajstić information content (AvgIpc) is 2.97. The minimum atomic E-state index is 0. The summed E-state index contributed by atoms with van der Waals surface area (Å²) in [6.07, 6.45) is 9.57. The van der Waals surface area contributed by atoms with E-state index in [-0.39, 0.29) is 30.7 Å². The number of anilines is 1. The molecule has 4 rings (SSSR count). The molecule has 28 heavy (non-hydrogen) atoms. The second-order valence-electron chi connectivity index (χ2n) is 8.74. The molecular weight excluding hydrogens is 393 g/mol. The van der Waals surface area contributed by atoms with Crippen LogP contribution in [0, 0.1) is 5.92 Å². The lowest BCUT2D eigenvalue weighted by Crippen LogP contribution is -2.39. The van der Waals surface area contributed by atoms with Gasteiger partial charge in [-0.15, -0.1) is 24.8 Å². The maximum atomic E-state index is 12.4. The molecular formula is C22H35Cl2N3O. The molecule has 3 saturated heterocycles. The fourth-order valence-corrected chi connectivity index (χ4v) is 5.14. The van der Waals surface area contributed by atoms with Crippen LogP contribution in [0.15, 0.2) is 24.3 Å². The minimum absolute atomic E-state index is 0. The Morgan fingerprint density at radius 3 is 2.39 bits per heavy atom. The lowest BCUT2D eigenvalue weighted by Gasteiger charge is -2.33. The number of hydrogen-bond donors (Lipinski definition) is 2. The molecule has 3 unspecified atom stereocenters. The van der Waals surface area contributed by atoms with Crippen LogP contribution >= 0.6 is 24.8 Å². The Labute approximate surface area is 182 Å². The molecule has 0 saturated carbocycles. The molecule has 2 N–H and O–H groups in total. The number of carbonyl (C=O) groups is 1. The number of piperidine rings is 2. The van der Waals surface area contributed by atoms with Crippen LogP contribution in [0.25, 0.3) is 0 Å². The molecule has 1 aromatic rings. The first kappa shape index (κ1) is 23.5. The van der Waals surface area contributed by atoms with E-state index in [1.165, 1.54) is 44.2 Å². The van der Waals surface area contributed by atoms with Crippen molar-refractivity contribution in [3.63, 3.8) is 0 Å². The van der Waals surface area contributed by atoms with Crippen molar-refractivity contribution in [2.24, 2.45) is 5.92 Å². The van der Waals surface area contributed by atoms with Crippen molar-refractivity contribution < 1.29 is 4.79 Å². The quantitative estimate of drug-likeness (QED) is 0.711. The molecule has 1 amide bonds. The first-order chi connectivity index (χ1) is 12.7. The standard InChI is InChI=1S/C22H33N3O.2ClH/c1-16-4-2-3-11-25(16)15-17-5-7-19(8-6-17)24-22(26)14-18-12-20-9-10-21(13-18)23-20;;/h5-8,16,18,20-21,23H,2-4,9-15H2,1H3,(H,24,26);2*1H. The SMILES string of the molecule is CC1CCCCN1Cc1ccc(NC(=O)CC2CC3CCC(C2)N3)cc1.Cl.Cl. The maximum Gasteiger partial charge on any atom is 0.224 e. The molecule has 3 aliphatic rings. The predicted octanol–water partition coefficient (Wildman–Crippen LogP) is 4.76. The molecule has 0 aromatic heterocycles. The van der Waals surface area contributed by atoms with Crippen LogP contribution in [0.4, 0.5) is 5.69 Å². The smallest absolute Gasteiger partial charge is 0.224 e. The Morgan fingerprint density at radius 2 is 1.75 bits per heavy atom. The highest BCUT2D eigenvalue weighted by Gasteiger charge is 2.34. The summed E-state index contributed by atoms with van der Waals surface area (Å²) < 4.78 is 0. The van der Waals surface area contributed by atoms with E-state index in [0.29, 0.717) is 30.5 Å². The van der Waals surface area contributed by atoms with Crippen molar-refractivity contribution in [1.82, 2.24) is 10.2 Å². The van der Waals surface area contributed by atoms with E-state index in [0.717, 1.165) is 25.1 Å². The van der Waals surface area contributed by atoms with Crippen molar-refractivity contribution in [2.45, 2.75) is 83.0 Å². The van der Waals surface area contributed by atoms with Crippen LogP contribution in [-0.4, -0.2) is 35.5 Å². The monoisotopic (exact) mass is 427 g/mol. The summed E-state index contributed by atoms with van der Waals surface area (Å²) in [6, 6.07) is 10.5. The highest BCUT2D eigenvalue weighted by atomic mass is 35.5. The van der Waals surface area contributed by atoms with Crippen LogP contribution < -0.4 is 10.6 Å². The van der Waals surface area contributed by atoms with Crippen molar-refractivity contribution in [2.75, 3.05) is 11.9 Å². The summed E-state index contributed by atoms with van der Waals surface area (Å²) in [5.74, 6) is 0.724. The van der Waals surface area contributed by atoms with E-state index < -0.39 is 0 Å². The molecule has 0 aliphatic carbocycles. The number of likely N-dealkylation sites (tertiary alicyclic amines) is 1. The Hall–Kier alpha value is -0.810. The number of nitrogens with one attached hydrogen (secondary N) is 2. The predicted molar refractivity (Wildman–Crippen MR) is 121 cm³/mol. The molecule has 3 heterocycles. The summed E-state index contributed by atoms with van der Waals surface area (Å²) in [4.78, 5) is 15.0. The third-order valence-electron chi connectivity index (χ3n) is 6.61. The molecule has 6 heteroatoms. The molecule has 0 radical (unpaired) electrons. The maximum absolute atomic E-state index is 12.4. The lowest BCUT2D eigenvalue weighted by atomic mass is 9.89. The van der Waals surface area contributed by atoms with Gasteiger partial charge < -0.3 is 10.6 Å². The third kappa shape index (κ3) is 6.09. The molecule has 3 fully saturated rings. The topological polar surface area (TPSA) is 44.4 Å². The number of carbonyl (C=O) groups excluding carboxylic acids is 1. The molecule has 3 atom stereocenters. The molecule has 1 aromatic carbocycles. The number of halogens is 2. The van der Waals surface area contributed by atoms with E-state index in [4.69, 9.17) is 0 Å². The highest BCUT2D eigenvalue weighted by molar-refractivity contribution is 5.90. The van der Waals surface area contributed by atoms with E-state index >= 15 is 0 Å². The first-order valence-corrected chi connectivity index (χ1v) is 10.5. The number of hydrogen-bond acceptors (Lipinski definition) is 3. The molecule has 2 bridgehead atoms. The van der Waals surface area contributed by atoms with Crippen LogP contribution in [0.5, 0.6) is 0 Å². The number of benzene rings is 1. The second-order valence-corrected chi connectivity index (χ2v) is 8.74. The van der Waals surface area contributed by atoms with Gasteiger partial charge in [0.15, 0.2) is 0 Å². The zero-order chi connectivity index (χ0) is 17.9. The van der Waals surface area contributed by atoms with E-state index in [1.807, 2.05) is 0 Å². The number of fused-ring (bicyclic) bond motifs is 2. The number of amides is 1. The minimum Gasteiger partial charge on any atom is -0.326 e. The van der Waals surface area contributed by atoms with Gasteiger partial charge in [-0.1, -0.05) is 18.6 Å². The van der Waals surface area contributed by atoms with Crippen LogP contribution in [0.2, 0.25) is 0 Å². The van der Waals surface area contributed by atoms with Crippen molar-refractivity contribution in [1.29, 1.82) is 0 Å². The van der Waals surface area contributed by atoms with Gasteiger partial charge in [0.2, 0.25) is 5.91 Å². The van der Waals surface area contributed by atoms with Crippen LogP contribution in [0.3, 0.4) is 0 Å². The fraction of sp³-hybridized carbons (Fsp3) is 0.682.